The lowest BCUT2D eigenvalue weighted by molar-refractivity contribution is 0.242. The molecule has 0 saturated heterocycles. The third-order valence-electron chi connectivity index (χ3n) is 2.94. The van der Waals surface area contributed by atoms with E-state index in [4.69, 9.17) is 4.74 Å². The minimum absolute atomic E-state index is 0.131. The van der Waals surface area contributed by atoms with E-state index in [2.05, 4.69) is 9.97 Å². The summed E-state index contributed by atoms with van der Waals surface area (Å²) < 4.78 is 18.6. The number of benzene rings is 2. The number of hydrogen-bond acceptors (Lipinski definition) is 2. The molecule has 2 aromatic carbocycles. The third kappa shape index (κ3) is 2.50. The van der Waals surface area contributed by atoms with E-state index in [9.17, 15) is 4.39 Å². The summed E-state index contributed by atoms with van der Waals surface area (Å²) in [6, 6.07) is 12.0. The van der Waals surface area contributed by atoms with Gasteiger partial charge < -0.3 is 9.72 Å². The van der Waals surface area contributed by atoms with Crippen molar-refractivity contribution in [3.05, 3.63) is 48.3 Å². The molecule has 1 N–H and O–H groups in total. The lowest BCUT2D eigenvalue weighted by Gasteiger charge is -2.08. The van der Waals surface area contributed by atoms with Crippen LogP contribution < -0.4 is 4.74 Å². The van der Waals surface area contributed by atoms with Gasteiger partial charge in [0.1, 0.15) is 17.4 Å². The van der Waals surface area contributed by atoms with Crippen molar-refractivity contribution in [1.29, 1.82) is 0 Å². The Hall–Kier alpha value is -2.36. The van der Waals surface area contributed by atoms with Crippen molar-refractivity contribution in [2.75, 3.05) is 0 Å². The molecule has 0 fully saturated rings. The van der Waals surface area contributed by atoms with E-state index < -0.39 is 0 Å². The van der Waals surface area contributed by atoms with E-state index in [1.54, 1.807) is 12.1 Å². The number of ether oxygens (including phenoxy) is 1. The van der Waals surface area contributed by atoms with Gasteiger partial charge in [0.05, 0.1) is 17.1 Å². The van der Waals surface area contributed by atoms with Crippen molar-refractivity contribution in [3.63, 3.8) is 0 Å². The zero-order chi connectivity index (χ0) is 14.1. The minimum Gasteiger partial charge on any atom is -0.491 e. The molecule has 0 aliphatic rings. The summed E-state index contributed by atoms with van der Waals surface area (Å²) in [4.78, 5) is 7.73. The Kier molecular flexibility index (Phi) is 3.14. The molecule has 4 heteroatoms. The van der Waals surface area contributed by atoms with Gasteiger partial charge in [0.15, 0.2) is 0 Å². The molecule has 0 atom stereocenters. The van der Waals surface area contributed by atoms with Crippen LogP contribution in [0.15, 0.2) is 42.5 Å². The molecule has 1 heterocycles. The Labute approximate surface area is 116 Å². The SMILES string of the molecule is CC(C)Oc1ccc2nc(-c3ccc(F)cc3)[nH]c2c1. The van der Waals surface area contributed by atoms with Crippen LogP contribution in [0, 0.1) is 5.82 Å². The van der Waals surface area contributed by atoms with Crippen molar-refractivity contribution >= 4 is 11.0 Å². The van der Waals surface area contributed by atoms with Crippen LogP contribution in [-0.4, -0.2) is 16.1 Å². The van der Waals surface area contributed by atoms with Crippen LogP contribution >= 0.6 is 0 Å². The monoisotopic (exact) mass is 270 g/mol. The minimum atomic E-state index is -0.252. The van der Waals surface area contributed by atoms with Gasteiger partial charge in [-0.15, -0.1) is 0 Å². The van der Waals surface area contributed by atoms with Crippen LogP contribution in [0.5, 0.6) is 5.75 Å². The molecule has 0 aliphatic carbocycles. The van der Waals surface area contributed by atoms with Crippen molar-refractivity contribution in [3.8, 4) is 17.1 Å². The number of rotatable bonds is 3. The van der Waals surface area contributed by atoms with Gasteiger partial charge >= 0.3 is 0 Å². The zero-order valence-electron chi connectivity index (χ0n) is 11.4. The maximum absolute atomic E-state index is 12.9. The second-order valence-corrected chi connectivity index (χ2v) is 4.94. The highest BCUT2D eigenvalue weighted by atomic mass is 19.1. The normalized spacial score (nSPS) is 11.2. The van der Waals surface area contributed by atoms with Crippen molar-refractivity contribution in [2.24, 2.45) is 0 Å². The first-order chi connectivity index (χ1) is 9.61. The van der Waals surface area contributed by atoms with Crippen LogP contribution in [0.1, 0.15) is 13.8 Å². The lowest BCUT2D eigenvalue weighted by Crippen LogP contribution is -2.05. The maximum atomic E-state index is 12.9. The molecule has 20 heavy (non-hydrogen) atoms. The molecule has 0 saturated carbocycles. The largest absolute Gasteiger partial charge is 0.491 e. The second kappa shape index (κ2) is 4.96. The number of aromatic nitrogens is 2. The molecule has 0 bridgehead atoms. The highest BCUT2D eigenvalue weighted by Gasteiger charge is 2.07. The first-order valence-corrected chi connectivity index (χ1v) is 6.54. The van der Waals surface area contributed by atoms with E-state index in [0.717, 1.165) is 28.2 Å². The fraction of sp³-hybridized carbons (Fsp3) is 0.188. The molecular formula is C16H15FN2O. The Morgan fingerprint density at radius 2 is 1.85 bits per heavy atom. The van der Waals surface area contributed by atoms with Gasteiger partial charge in [-0.2, -0.15) is 0 Å². The zero-order valence-corrected chi connectivity index (χ0v) is 11.4. The number of nitrogens with one attached hydrogen (secondary N) is 1. The second-order valence-electron chi connectivity index (χ2n) is 4.94. The molecule has 1 aromatic heterocycles. The molecule has 0 radical (unpaired) electrons. The summed E-state index contributed by atoms with van der Waals surface area (Å²) in [5.41, 5.74) is 2.62. The smallest absolute Gasteiger partial charge is 0.138 e. The standard InChI is InChI=1S/C16H15FN2O/c1-10(2)20-13-7-8-14-15(9-13)19-16(18-14)11-3-5-12(17)6-4-11/h3-10H,1-2H3,(H,18,19). The predicted octanol–water partition coefficient (Wildman–Crippen LogP) is 4.16. The number of nitrogens with zero attached hydrogens (tertiary/aromatic N) is 1. The fourth-order valence-electron chi connectivity index (χ4n) is 2.08. The van der Waals surface area contributed by atoms with Crippen LogP contribution in [0.4, 0.5) is 4.39 Å². The number of fused-ring (bicyclic) bond motifs is 1. The van der Waals surface area contributed by atoms with Gasteiger partial charge in [0.2, 0.25) is 0 Å². The molecule has 3 aromatic rings. The predicted molar refractivity (Wildman–Crippen MR) is 77.3 cm³/mol. The lowest BCUT2D eigenvalue weighted by atomic mass is 10.2. The average molecular weight is 270 g/mol. The Balaban J connectivity index is 1.99. The van der Waals surface area contributed by atoms with Crippen molar-refractivity contribution in [2.45, 2.75) is 20.0 Å². The quantitative estimate of drug-likeness (QED) is 0.776. The van der Waals surface area contributed by atoms with Crippen LogP contribution in [-0.2, 0) is 0 Å². The summed E-state index contributed by atoms with van der Waals surface area (Å²) in [6.07, 6.45) is 0.131. The van der Waals surface area contributed by atoms with Gasteiger partial charge in [0.25, 0.3) is 0 Å². The molecule has 0 spiro atoms. The van der Waals surface area contributed by atoms with Crippen molar-refractivity contribution in [1.82, 2.24) is 9.97 Å². The summed E-state index contributed by atoms with van der Waals surface area (Å²) in [7, 11) is 0. The summed E-state index contributed by atoms with van der Waals surface area (Å²) in [6.45, 7) is 3.97. The number of halogens is 1. The van der Waals surface area contributed by atoms with E-state index in [0.29, 0.717) is 0 Å². The fourth-order valence-corrected chi connectivity index (χ4v) is 2.08. The maximum Gasteiger partial charge on any atom is 0.138 e. The van der Waals surface area contributed by atoms with E-state index >= 15 is 0 Å². The third-order valence-corrected chi connectivity index (χ3v) is 2.94. The van der Waals surface area contributed by atoms with Gasteiger partial charge in [-0.1, -0.05) is 0 Å². The number of hydrogen-bond donors (Lipinski definition) is 1. The van der Waals surface area contributed by atoms with Gasteiger partial charge in [-0.25, -0.2) is 9.37 Å². The highest BCUT2D eigenvalue weighted by molar-refractivity contribution is 5.80. The van der Waals surface area contributed by atoms with E-state index in [1.807, 2.05) is 32.0 Å². The highest BCUT2D eigenvalue weighted by Crippen LogP contribution is 2.24. The van der Waals surface area contributed by atoms with Crippen molar-refractivity contribution < 1.29 is 9.13 Å². The topological polar surface area (TPSA) is 37.9 Å². The van der Waals surface area contributed by atoms with Crippen LogP contribution in [0.3, 0.4) is 0 Å². The van der Waals surface area contributed by atoms with E-state index in [1.165, 1.54) is 12.1 Å². The number of H-pyrrole nitrogens is 1. The number of imidazole rings is 1. The molecule has 0 unspecified atom stereocenters. The first-order valence-electron chi connectivity index (χ1n) is 6.54. The number of aromatic amines is 1. The Bertz CT molecular complexity index is 732. The molecule has 102 valence electrons. The average Bonchev–Trinajstić information content (AvgIpc) is 2.81. The van der Waals surface area contributed by atoms with Gasteiger partial charge in [-0.3, -0.25) is 0 Å². The van der Waals surface area contributed by atoms with Crippen LogP contribution in [0.25, 0.3) is 22.4 Å². The molecule has 0 aliphatic heterocycles. The van der Waals surface area contributed by atoms with Gasteiger partial charge in [-0.05, 0) is 50.2 Å². The van der Waals surface area contributed by atoms with E-state index in [-0.39, 0.29) is 11.9 Å². The molecule has 3 nitrogen and oxygen atoms in total. The van der Waals surface area contributed by atoms with Gasteiger partial charge in [0, 0.05) is 11.6 Å². The first kappa shape index (κ1) is 12.7. The molecular weight excluding hydrogens is 255 g/mol. The summed E-state index contributed by atoms with van der Waals surface area (Å²) in [5, 5.41) is 0. The Morgan fingerprint density at radius 3 is 2.55 bits per heavy atom. The summed E-state index contributed by atoms with van der Waals surface area (Å²) in [5.74, 6) is 1.28. The van der Waals surface area contributed by atoms with Crippen LogP contribution in [0.2, 0.25) is 0 Å². The summed E-state index contributed by atoms with van der Waals surface area (Å²) >= 11 is 0. The Morgan fingerprint density at radius 1 is 1.10 bits per heavy atom. The molecule has 3 rings (SSSR count). The molecule has 0 amide bonds.